The van der Waals surface area contributed by atoms with Crippen molar-refractivity contribution in [3.63, 3.8) is 0 Å². The molecule has 1 aromatic carbocycles. The van der Waals surface area contributed by atoms with Crippen molar-refractivity contribution in [2.24, 2.45) is 0 Å². The highest BCUT2D eigenvalue weighted by molar-refractivity contribution is 6.34. The number of nitrogens with one attached hydrogen (secondary N) is 1. The molecule has 0 aliphatic heterocycles. The molecule has 0 aliphatic rings. The molecule has 0 fully saturated rings. The molecule has 0 radical (unpaired) electrons. The van der Waals surface area contributed by atoms with Gasteiger partial charge in [0.15, 0.2) is 0 Å². The van der Waals surface area contributed by atoms with Crippen molar-refractivity contribution in [3.05, 3.63) is 52.7 Å². The van der Waals surface area contributed by atoms with E-state index in [1.807, 2.05) is 19.9 Å². The lowest BCUT2D eigenvalue weighted by Crippen LogP contribution is -2.14. The van der Waals surface area contributed by atoms with Gasteiger partial charge in [-0.3, -0.25) is 4.79 Å². The Hall–Kier alpha value is -2.07. The topological polar surface area (TPSA) is 51.2 Å². The number of rotatable bonds is 4. The molecule has 0 unspecified atom stereocenters. The minimum atomic E-state index is -0.299. The number of carbonyl (C=O) groups excluding carboxylic acids is 1. The lowest BCUT2D eigenvalue weighted by Gasteiger charge is -2.10. The molecule has 2 aromatic rings. The van der Waals surface area contributed by atoms with Gasteiger partial charge in [0.25, 0.3) is 5.91 Å². The van der Waals surface area contributed by atoms with Crippen LogP contribution < -0.4 is 10.1 Å². The van der Waals surface area contributed by atoms with Crippen LogP contribution in [-0.2, 0) is 0 Å². The van der Waals surface area contributed by atoms with Crippen LogP contribution in [0.25, 0.3) is 0 Å². The summed E-state index contributed by atoms with van der Waals surface area (Å²) < 4.78 is 5.34. The molecule has 0 saturated carbocycles. The molecule has 1 heterocycles. The van der Waals surface area contributed by atoms with Crippen molar-refractivity contribution in [2.75, 3.05) is 11.9 Å². The van der Waals surface area contributed by atoms with Gasteiger partial charge in [-0.25, -0.2) is 4.98 Å². The minimum absolute atomic E-state index is 0.299. The lowest BCUT2D eigenvalue weighted by atomic mass is 10.2. The molecule has 104 valence electrons. The highest BCUT2D eigenvalue weighted by Crippen LogP contribution is 2.24. The first-order valence-electron chi connectivity index (χ1n) is 6.27. The van der Waals surface area contributed by atoms with Crippen LogP contribution in [0.15, 0.2) is 36.5 Å². The van der Waals surface area contributed by atoms with Gasteiger partial charge in [-0.2, -0.15) is 0 Å². The molecule has 1 amide bonds. The summed E-state index contributed by atoms with van der Waals surface area (Å²) in [5.41, 5.74) is 1.98. The van der Waals surface area contributed by atoms with Crippen LogP contribution >= 0.6 is 11.6 Å². The number of carbonyl (C=O) groups is 1. The highest BCUT2D eigenvalue weighted by atomic mass is 35.5. The zero-order chi connectivity index (χ0) is 14.5. The van der Waals surface area contributed by atoms with Gasteiger partial charge in [0.2, 0.25) is 5.88 Å². The molecule has 0 bridgehead atoms. The van der Waals surface area contributed by atoms with Crippen molar-refractivity contribution < 1.29 is 9.53 Å². The molecule has 1 N–H and O–H groups in total. The van der Waals surface area contributed by atoms with Crippen LogP contribution in [0, 0.1) is 6.92 Å². The second-order valence-corrected chi connectivity index (χ2v) is 4.63. The Morgan fingerprint density at radius 3 is 2.90 bits per heavy atom. The Labute approximate surface area is 122 Å². The zero-order valence-electron chi connectivity index (χ0n) is 11.3. The zero-order valence-corrected chi connectivity index (χ0v) is 12.1. The van der Waals surface area contributed by atoms with Crippen LogP contribution in [-0.4, -0.2) is 17.5 Å². The van der Waals surface area contributed by atoms with Crippen LogP contribution in [0.4, 0.5) is 5.69 Å². The van der Waals surface area contributed by atoms with Crippen molar-refractivity contribution in [3.8, 4) is 5.88 Å². The van der Waals surface area contributed by atoms with E-state index >= 15 is 0 Å². The number of benzene rings is 1. The van der Waals surface area contributed by atoms with E-state index in [9.17, 15) is 4.79 Å². The Balaban J connectivity index is 2.24. The second-order valence-electron chi connectivity index (χ2n) is 4.23. The smallest absolute Gasteiger partial charge is 0.261 e. The number of amides is 1. The number of hydrogen-bond donors (Lipinski definition) is 1. The molecule has 1 aromatic heterocycles. The highest BCUT2D eigenvalue weighted by Gasteiger charge is 2.14. The van der Waals surface area contributed by atoms with E-state index in [2.05, 4.69) is 10.3 Å². The van der Waals surface area contributed by atoms with Crippen molar-refractivity contribution in [2.45, 2.75) is 13.8 Å². The standard InChI is InChI=1S/C15H15ClN2O2/c1-3-20-15-11(5-4-8-17-15)14(19)18-13-7-6-10(2)9-12(13)16/h4-9H,3H2,1-2H3,(H,18,19). The maximum Gasteiger partial charge on any atom is 0.261 e. The maximum absolute atomic E-state index is 12.3. The van der Waals surface area contributed by atoms with E-state index in [0.717, 1.165) is 5.56 Å². The predicted molar refractivity (Wildman–Crippen MR) is 79.5 cm³/mol. The SMILES string of the molecule is CCOc1ncccc1C(=O)Nc1ccc(C)cc1Cl. The summed E-state index contributed by atoms with van der Waals surface area (Å²) >= 11 is 6.10. The molecule has 4 nitrogen and oxygen atoms in total. The second kappa shape index (κ2) is 6.39. The fraction of sp³-hybridized carbons (Fsp3) is 0.200. The number of halogens is 1. The van der Waals surface area contributed by atoms with E-state index in [-0.39, 0.29) is 5.91 Å². The minimum Gasteiger partial charge on any atom is -0.477 e. The van der Waals surface area contributed by atoms with Gasteiger partial charge in [-0.05, 0) is 43.7 Å². The Bertz CT molecular complexity index is 629. The van der Waals surface area contributed by atoms with Gasteiger partial charge in [-0.1, -0.05) is 17.7 Å². The van der Waals surface area contributed by atoms with Gasteiger partial charge in [0.05, 0.1) is 17.3 Å². The van der Waals surface area contributed by atoms with Gasteiger partial charge in [0, 0.05) is 6.20 Å². The normalized spacial score (nSPS) is 10.2. The molecule has 0 saturated heterocycles. The Kier molecular flexibility index (Phi) is 4.58. The summed E-state index contributed by atoms with van der Waals surface area (Å²) in [5, 5.41) is 3.26. The van der Waals surface area contributed by atoms with E-state index in [1.165, 1.54) is 0 Å². The first-order valence-corrected chi connectivity index (χ1v) is 6.65. The summed E-state index contributed by atoms with van der Waals surface area (Å²) in [7, 11) is 0. The van der Waals surface area contributed by atoms with Crippen LogP contribution in [0.3, 0.4) is 0 Å². The third kappa shape index (κ3) is 3.27. The summed E-state index contributed by atoms with van der Waals surface area (Å²) in [4.78, 5) is 16.3. The number of nitrogens with zero attached hydrogens (tertiary/aromatic N) is 1. The average Bonchev–Trinajstić information content (AvgIpc) is 2.43. The predicted octanol–water partition coefficient (Wildman–Crippen LogP) is 3.69. The third-order valence-corrected chi connectivity index (χ3v) is 2.98. The number of anilines is 1. The molecule has 0 aliphatic carbocycles. The number of aryl methyl sites for hydroxylation is 1. The van der Waals surface area contributed by atoms with Gasteiger partial charge in [-0.15, -0.1) is 0 Å². The number of ether oxygens (including phenoxy) is 1. The number of pyridine rings is 1. The fourth-order valence-corrected chi connectivity index (χ4v) is 2.01. The van der Waals surface area contributed by atoms with E-state index in [0.29, 0.717) is 28.8 Å². The number of aromatic nitrogens is 1. The first-order chi connectivity index (χ1) is 9.61. The maximum atomic E-state index is 12.3. The van der Waals surface area contributed by atoms with Gasteiger partial charge in [0.1, 0.15) is 5.56 Å². The molecule has 0 atom stereocenters. The quantitative estimate of drug-likeness (QED) is 0.934. The average molecular weight is 291 g/mol. The number of hydrogen-bond acceptors (Lipinski definition) is 3. The molecular formula is C15H15ClN2O2. The van der Waals surface area contributed by atoms with Crippen molar-refractivity contribution in [1.82, 2.24) is 4.98 Å². The summed E-state index contributed by atoms with van der Waals surface area (Å²) in [5.74, 6) is 0.0167. The Morgan fingerprint density at radius 1 is 1.40 bits per heavy atom. The monoisotopic (exact) mass is 290 g/mol. The third-order valence-electron chi connectivity index (χ3n) is 2.67. The van der Waals surface area contributed by atoms with Gasteiger partial charge >= 0.3 is 0 Å². The van der Waals surface area contributed by atoms with Crippen molar-refractivity contribution in [1.29, 1.82) is 0 Å². The lowest BCUT2D eigenvalue weighted by molar-refractivity contribution is 0.102. The van der Waals surface area contributed by atoms with Crippen LogP contribution in [0.2, 0.25) is 5.02 Å². The van der Waals surface area contributed by atoms with Crippen LogP contribution in [0.5, 0.6) is 5.88 Å². The first kappa shape index (κ1) is 14.3. The molecule has 0 spiro atoms. The molecule has 5 heteroatoms. The summed E-state index contributed by atoms with van der Waals surface area (Å²) in [6.07, 6.45) is 1.58. The summed E-state index contributed by atoms with van der Waals surface area (Å²) in [6, 6.07) is 8.80. The van der Waals surface area contributed by atoms with E-state index in [4.69, 9.17) is 16.3 Å². The molecule has 2 rings (SSSR count). The Morgan fingerprint density at radius 2 is 2.20 bits per heavy atom. The van der Waals surface area contributed by atoms with Gasteiger partial charge < -0.3 is 10.1 Å². The molecular weight excluding hydrogens is 276 g/mol. The largest absolute Gasteiger partial charge is 0.477 e. The van der Waals surface area contributed by atoms with E-state index < -0.39 is 0 Å². The van der Waals surface area contributed by atoms with Crippen LogP contribution in [0.1, 0.15) is 22.8 Å². The van der Waals surface area contributed by atoms with Crippen molar-refractivity contribution >= 4 is 23.2 Å². The summed E-state index contributed by atoms with van der Waals surface area (Å²) in [6.45, 7) is 4.22. The molecule has 20 heavy (non-hydrogen) atoms. The fourth-order valence-electron chi connectivity index (χ4n) is 1.73. The van der Waals surface area contributed by atoms with E-state index in [1.54, 1.807) is 30.5 Å².